The zero-order chi connectivity index (χ0) is 23.6. The number of piperidine rings is 1. The maximum absolute atomic E-state index is 13.0. The Morgan fingerprint density at radius 3 is 2.39 bits per heavy atom. The van der Waals surface area contributed by atoms with Gasteiger partial charge in [0.15, 0.2) is 0 Å². The quantitative estimate of drug-likeness (QED) is 0.526. The summed E-state index contributed by atoms with van der Waals surface area (Å²) in [5.41, 5.74) is 2.01. The lowest BCUT2D eigenvalue weighted by atomic mass is 10.2. The Morgan fingerprint density at radius 1 is 1.06 bits per heavy atom. The second-order valence-electron chi connectivity index (χ2n) is 7.81. The number of sulfonamides is 1. The van der Waals surface area contributed by atoms with E-state index in [0.29, 0.717) is 43.2 Å². The van der Waals surface area contributed by atoms with Gasteiger partial charge in [-0.1, -0.05) is 6.42 Å². The zero-order valence-corrected chi connectivity index (χ0v) is 18.9. The fourth-order valence-corrected chi connectivity index (χ4v) is 5.56. The molecule has 3 aromatic rings. The summed E-state index contributed by atoms with van der Waals surface area (Å²) in [7, 11) is -3.56. The average Bonchev–Trinajstić information content (AvgIpc) is 3.15. The lowest BCUT2D eigenvalue weighted by molar-refractivity contribution is -0.274. The van der Waals surface area contributed by atoms with Gasteiger partial charge in [0.05, 0.1) is 22.5 Å². The molecule has 33 heavy (non-hydrogen) atoms. The molecule has 1 N–H and O–H groups in total. The van der Waals surface area contributed by atoms with Gasteiger partial charge in [-0.05, 0) is 62.2 Å². The summed E-state index contributed by atoms with van der Waals surface area (Å²) >= 11 is 0. The van der Waals surface area contributed by atoms with Gasteiger partial charge in [-0.25, -0.2) is 13.4 Å². The van der Waals surface area contributed by atoms with Crippen LogP contribution in [-0.2, 0) is 23.1 Å². The van der Waals surface area contributed by atoms with Crippen LogP contribution in [0.1, 0.15) is 32.0 Å². The molecular weight excluding hydrogens is 457 g/mol. The normalized spacial score (nSPS) is 15.6. The highest BCUT2D eigenvalue weighted by Crippen LogP contribution is 2.26. The minimum absolute atomic E-state index is 0.234. The van der Waals surface area contributed by atoms with Crippen LogP contribution in [0.15, 0.2) is 47.4 Å². The van der Waals surface area contributed by atoms with Crippen molar-refractivity contribution in [2.24, 2.45) is 0 Å². The third kappa shape index (κ3) is 5.25. The van der Waals surface area contributed by atoms with Crippen molar-refractivity contribution in [3.63, 3.8) is 0 Å². The first-order valence-electron chi connectivity index (χ1n) is 10.8. The number of rotatable bonds is 7. The molecule has 1 aromatic heterocycles. The van der Waals surface area contributed by atoms with Gasteiger partial charge in [0.2, 0.25) is 10.0 Å². The lowest BCUT2D eigenvalue weighted by Gasteiger charge is -2.25. The monoisotopic (exact) mass is 482 g/mol. The number of ether oxygens (including phenoxy) is 1. The van der Waals surface area contributed by atoms with Crippen LogP contribution in [0.2, 0.25) is 0 Å². The molecular formula is C22H25F3N4O3S. The van der Waals surface area contributed by atoms with Gasteiger partial charge < -0.3 is 14.6 Å². The van der Waals surface area contributed by atoms with Gasteiger partial charge in [0.1, 0.15) is 11.6 Å². The number of nitrogens with one attached hydrogen (secondary N) is 1. The van der Waals surface area contributed by atoms with Crippen molar-refractivity contribution in [1.29, 1.82) is 0 Å². The largest absolute Gasteiger partial charge is 0.573 e. The Hall–Kier alpha value is -2.79. The van der Waals surface area contributed by atoms with Crippen molar-refractivity contribution in [1.82, 2.24) is 13.9 Å². The maximum Gasteiger partial charge on any atom is 0.573 e. The lowest BCUT2D eigenvalue weighted by Crippen LogP contribution is -2.35. The van der Waals surface area contributed by atoms with Crippen LogP contribution in [-0.4, -0.2) is 41.7 Å². The van der Waals surface area contributed by atoms with Gasteiger partial charge in [0.25, 0.3) is 0 Å². The molecule has 1 saturated heterocycles. The summed E-state index contributed by atoms with van der Waals surface area (Å²) in [5, 5.41) is 3.14. The van der Waals surface area contributed by atoms with Crippen LogP contribution in [0.25, 0.3) is 11.0 Å². The Balaban J connectivity index is 1.53. The number of anilines is 1. The molecule has 0 atom stereocenters. The smallest absolute Gasteiger partial charge is 0.406 e. The van der Waals surface area contributed by atoms with E-state index in [1.807, 2.05) is 11.5 Å². The van der Waals surface area contributed by atoms with Crippen LogP contribution in [0.5, 0.6) is 5.75 Å². The third-order valence-electron chi connectivity index (χ3n) is 5.61. The molecule has 11 heteroatoms. The van der Waals surface area contributed by atoms with E-state index in [2.05, 4.69) is 15.0 Å². The number of halogens is 3. The Bertz CT molecular complexity index is 1220. The van der Waals surface area contributed by atoms with Crippen LogP contribution < -0.4 is 10.1 Å². The third-order valence-corrected chi connectivity index (χ3v) is 7.50. The Morgan fingerprint density at radius 2 is 1.76 bits per heavy atom. The van der Waals surface area contributed by atoms with E-state index in [9.17, 15) is 21.6 Å². The fraction of sp³-hybridized carbons (Fsp3) is 0.409. The SMILES string of the molecule is CCn1c(CNc2ccc(OC(F)(F)F)cc2)nc2cc(S(=O)(=O)N3CCCCC3)ccc21. The minimum atomic E-state index is -4.73. The Kier molecular flexibility index (Phi) is 6.53. The standard InChI is InChI=1S/C22H25F3N4O3S/c1-2-29-20-11-10-18(33(30,31)28-12-4-3-5-13-28)14-19(20)27-21(29)15-26-16-6-8-17(9-7-16)32-22(23,24)25/h6-11,14,26H,2-5,12-13,15H2,1H3. The summed E-state index contributed by atoms with van der Waals surface area (Å²) in [6.07, 6.45) is -1.96. The molecule has 7 nitrogen and oxygen atoms in total. The zero-order valence-electron chi connectivity index (χ0n) is 18.1. The summed E-state index contributed by atoms with van der Waals surface area (Å²) in [6, 6.07) is 10.4. The molecule has 2 heterocycles. The van der Waals surface area contributed by atoms with E-state index in [1.54, 1.807) is 18.2 Å². The first-order chi connectivity index (χ1) is 15.7. The summed E-state index contributed by atoms with van der Waals surface area (Å²) in [4.78, 5) is 4.86. The van der Waals surface area contributed by atoms with Gasteiger partial charge in [-0.15, -0.1) is 13.2 Å². The number of hydrogen-bond acceptors (Lipinski definition) is 5. The number of alkyl halides is 3. The number of aryl methyl sites for hydroxylation is 1. The molecule has 0 aliphatic carbocycles. The van der Waals surface area contributed by atoms with E-state index in [-0.39, 0.29) is 10.6 Å². The van der Waals surface area contributed by atoms with Crippen molar-refractivity contribution >= 4 is 26.7 Å². The molecule has 0 radical (unpaired) electrons. The Labute approximate surface area is 190 Å². The van der Waals surface area contributed by atoms with Crippen molar-refractivity contribution in [2.75, 3.05) is 18.4 Å². The molecule has 2 aromatic carbocycles. The molecule has 1 aliphatic rings. The van der Waals surface area contributed by atoms with Crippen molar-refractivity contribution in [3.05, 3.63) is 48.3 Å². The highest BCUT2D eigenvalue weighted by molar-refractivity contribution is 7.89. The van der Waals surface area contributed by atoms with Crippen LogP contribution in [0.3, 0.4) is 0 Å². The number of imidazole rings is 1. The molecule has 0 amide bonds. The molecule has 1 aliphatic heterocycles. The van der Waals surface area contributed by atoms with E-state index in [4.69, 9.17) is 0 Å². The number of fused-ring (bicyclic) bond motifs is 1. The average molecular weight is 483 g/mol. The van der Waals surface area contributed by atoms with Gasteiger partial charge in [0, 0.05) is 25.3 Å². The van der Waals surface area contributed by atoms with E-state index < -0.39 is 16.4 Å². The first kappa shape index (κ1) is 23.4. The van der Waals surface area contributed by atoms with E-state index in [1.165, 1.54) is 28.6 Å². The second kappa shape index (κ2) is 9.22. The predicted octanol–water partition coefficient (Wildman–Crippen LogP) is 4.74. The molecule has 178 valence electrons. The highest BCUT2D eigenvalue weighted by atomic mass is 32.2. The highest BCUT2D eigenvalue weighted by Gasteiger charge is 2.31. The maximum atomic E-state index is 13.0. The van der Waals surface area contributed by atoms with Gasteiger partial charge >= 0.3 is 6.36 Å². The van der Waals surface area contributed by atoms with Crippen LogP contribution >= 0.6 is 0 Å². The molecule has 0 bridgehead atoms. The molecule has 0 saturated carbocycles. The van der Waals surface area contributed by atoms with Crippen molar-refractivity contribution in [2.45, 2.75) is 50.5 Å². The second-order valence-corrected chi connectivity index (χ2v) is 9.75. The first-order valence-corrected chi connectivity index (χ1v) is 12.2. The summed E-state index contributed by atoms with van der Waals surface area (Å²) < 4.78 is 70.4. The van der Waals surface area contributed by atoms with E-state index >= 15 is 0 Å². The van der Waals surface area contributed by atoms with Crippen molar-refractivity contribution in [3.8, 4) is 5.75 Å². The number of aromatic nitrogens is 2. The molecule has 4 rings (SSSR count). The predicted molar refractivity (Wildman–Crippen MR) is 118 cm³/mol. The van der Waals surface area contributed by atoms with Crippen LogP contribution in [0.4, 0.5) is 18.9 Å². The fourth-order valence-electron chi connectivity index (χ4n) is 4.02. The van der Waals surface area contributed by atoms with Crippen molar-refractivity contribution < 1.29 is 26.3 Å². The van der Waals surface area contributed by atoms with Gasteiger partial charge in [-0.2, -0.15) is 4.31 Å². The number of nitrogens with zero attached hydrogens (tertiary/aromatic N) is 3. The van der Waals surface area contributed by atoms with E-state index in [0.717, 1.165) is 24.8 Å². The van der Waals surface area contributed by atoms with Crippen LogP contribution in [0, 0.1) is 0 Å². The molecule has 0 spiro atoms. The summed E-state index contributed by atoms with van der Waals surface area (Å²) in [6.45, 7) is 3.98. The molecule has 1 fully saturated rings. The number of hydrogen-bond donors (Lipinski definition) is 1. The topological polar surface area (TPSA) is 76.5 Å². The molecule has 0 unspecified atom stereocenters. The number of benzene rings is 2. The minimum Gasteiger partial charge on any atom is -0.406 e. The van der Waals surface area contributed by atoms with Gasteiger partial charge in [-0.3, -0.25) is 0 Å². The summed E-state index contributed by atoms with van der Waals surface area (Å²) in [5.74, 6) is 0.395.